The van der Waals surface area contributed by atoms with E-state index in [0.717, 1.165) is 4.90 Å². The van der Waals surface area contributed by atoms with Crippen LogP contribution in [0.25, 0.3) is 28.8 Å². The molecule has 1 aliphatic rings. The summed E-state index contributed by atoms with van der Waals surface area (Å²) in [5, 5.41) is 21.2. The predicted octanol–water partition coefficient (Wildman–Crippen LogP) is 2.30. The molecule has 0 aliphatic carbocycles. The molecule has 11 heteroatoms. The zero-order valence-corrected chi connectivity index (χ0v) is 15.5. The van der Waals surface area contributed by atoms with E-state index in [9.17, 15) is 18.7 Å². The Kier molecular flexibility index (Phi) is 5.19. The summed E-state index contributed by atoms with van der Waals surface area (Å²) in [6.45, 7) is 2.42. The Balaban J connectivity index is 1.55. The number of aliphatic hydroxyl groups excluding tert-OH is 1. The minimum atomic E-state index is -1.42. The summed E-state index contributed by atoms with van der Waals surface area (Å²) >= 11 is 0. The van der Waals surface area contributed by atoms with E-state index in [4.69, 9.17) is 4.74 Å². The number of rotatable bonds is 6. The largest absolute Gasteiger partial charge is 0.441 e. The van der Waals surface area contributed by atoms with Crippen molar-refractivity contribution in [3.05, 3.63) is 48.9 Å². The number of anilines is 1. The number of amides is 1. The minimum absolute atomic E-state index is 0.0721. The Labute approximate surface area is 169 Å². The van der Waals surface area contributed by atoms with Crippen LogP contribution in [0.1, 0.15) is 0 Å². The number of carbonyl (C=O) groups excluding carboxylic acids is 1. The van der Waals surface area contributed by atoms with Crippen LogP contribution in [0.3, 0.4) is 0 Å². The first-order chi connectivity index (χ1) is 14.5. The van der Waals surface area contributed by atoms with E-state index in [1.807, 2.05) is 0 Å². The summed E-state index contributed by atoms with van der Waals surface area (Å²) in [5.74, 6) is -0.282. The standard InChI is InChI=1S/C19H16F2N6O3/c1-2-27-24-18(23-25-27)15-6-3-11(9-22-15)13-5-4-12(7-14(13)21)26-10-17(16(28)8-20)30-19(26)29/h2-7,9,16-17,28H,1,8,10H2/t16?,17-/m1/s1. The SMILES string of the molecule is C=Cn1nnc(-c2ccc(-c3ccc(N4C[C@H](C(O)CF)OC4=O)cc3F)cn2)n1. The average Bonchev–Trinajstić information content (AvgIpc) is 3.40. The van der Waals surface area contributed by atoms with Crippen molar-refractivity contribution < 1.29 is 23.4 Å². The number of nitrogens with zero attached hydrogens (tertiary/aromatic N) is 6. The first-order valence-electron chi connectivity index (χ1n) is 8.90. The fraction of sp³-hybridized carbons (Fsp3) is 0.211. The highest BCUT2D eigenvalue weighted by Gasteiger charge is 2.37. The second kappa shape index (κ2) is 7.95. The third-order valence-corrected chi connectivity index (χ3v) is 4.58. The summed E-state index contributed by atoms with van der Waals surface area (Å²) in [6, 6.07) is 7.50. The van der Waals surface area contributed by atoms with Gasteiger partial charge in [0, 0.05) is 23.5 Å². The number of tetrazole rings is 1. The van der Waals surface area contributed by atoms with Crippen LogP contribution in [0.2, 0.25) is 0 Å². The average molecular weight is 414 g/mol. The van der Waals surface area contributed by atoms with Gasteiger partial charge in [0.05, 0.1) is 12.2 Å². The van der Waals surface area contributed by atoms with Crippen LogP contribution in [0.15, 0.2) is 43.1 Å². The maximum Gasteiger partial charge on any atom is 0.414 e. The molecular formula is C19H16F2N6O3. The number of cyclic esters (lactones) is 1. The highest BCUT2D eigenvalue weighted by Crippen LogP contribution is 2.30. The minimum Gasteiger partial charge on any atom is -0.441 e. The Hall–Kier alpha value is -3.73. The highest BCUT2D eigenvalue weighted by atomic mass is 19.1. The van der Waals surface area contributed by atoms with Gasteiger partial charge in [-0.25, -0.2) is 13.6 Å². The number of aromatic nitrogens is 5. The molecule has 3 aromatic rings. The summed E-state index contributed by atoms with van der Waals surface area (Å²) in [4.78, 5) is 18.6. The molecule has 0 bridgehead atoms. The van der Waals surface area contributed by atoms with E-state index < -0.39 is 30.8 Å². The quantitative estimate of drug-likeness (QED) is 0.660. The molecule has 1 aromatic carbocycles. The van der Waals surface area contributed by atoms with Crippen LogP contribution < -0.4 is 4.90 Å². The van der Waals surface area contributed by atoms with Gasteiger partial charge in [0.25, 0.3) is 0 Å². The number of aliphatic hydroxyl groups is 1. The Bertz CT molecular complexity index is 1090. The van der Waals surface area contributed by atoms with E-state index in [-0.39, 0.29) is 17.8 Å². The van der Waals surface area contributed by atoms with Gasteiger partial charge in [-0.3, -0.25) is 9.88 Å². The van der Waals surface area contributed by atoms with E-state index in [0.29, 0.717) is 17.1 Å². The van der Waals surface area contributed by atoms with Crippen LogP contribution in [-0.2, 0) is 4.74 Å². The van der Waals surface area contributed by atoms with Crippen LogP contribution in [-0.4, -0.2) is 61.8 Å². The van der Waals surface area contributed by atoms with Gasteiger partial charge in [-0.15, -0.1) is 15.0 Å². The molecule has 4 rings (SSSR count). The summed E-state index contributed by atoms with van der Waals surface area (Å²) in [6.07, 6.45) is -0.339. The van der Waals surface area contributed by atoms with E-state index in [1.165, 1.54) is 35.4 Å². The maximum absolute atomic E-state index is 14.7. The van der Waals surface area contributed by atoms with Crippen LogP contribution >= 0.6 is 0 Å². The number of pyridine rings is 1. The molecule has 9 nitrogen and oxygen atoms in total. The van der Waals surface area contributed by atoms with Crippen molar-refractivity contribution in [3.8, 4) is 22.6 Å². The molecule has 0 spiro atoms. The third kappa shape index (κ3) is 3.62. The third-order valence-electron chi connectivity index (χ3n) is 4.58. The second-order valence-electron chi connectivity index (χ2n) is 6.47. The van der Waals surface area contributed by atoms with Gasteiger partial charge in [-0.1, -0.05) is 12.6 Å². The number of hydrogen-bond donors (Lipinski definition) is 1. The molecule has 3 heterocycles. The smallest absolute Gasteiger partial charge is 0.414 e. The number of ether oxygens (including phenoxy) is 1. The van der Waals surface area contributed by atoms with Gasteiger partial charge in [0.2, 0.25) is 5.82 Å². The molecule has 1 amide bonds. The molecule has 2 aromatic heterocycles. The molecule has 1 N–H and O–H groups in total. The number of hydrogen-bond acceptors (Lipinski definition) is 7. The summed E-state index contributed by atoms with van der Waals surface area (Å²) in [5.41, 5.74) is 1.48. The van der Waals surface area contributed by atoms with E-state index >= 15 is 0 Å². The van der Waals surface area contributed by atoms with Crippen molar-refractivity contribution in [2.75, 3.05) is 18.1 Å². The van der Waals surface area contributed by atoms with Crippen molar-refractivity contribution in [2.24, 2.45) is 0 Å². The first kappa shape index (κ1) is 19.6. The first-order valence-corrected chi connectivity index (χ1v) is 8.90. The van der Waals surface area contributed by atoms with Gasteiger partial charge in [0.15, 0.2) is 6.10 Å². The van der Waals surface area contributed by atoms with Crippen molar-refractivity contribution in [1.29, 1.82) is 0 Å². The van der Waals surface area contributed by atoms with Gasteiger partial charge in [0.1, 0.15) is 24.3 Å². The van der Waals surface area contributed by atoms with Crippen molar-refractivity contribution in [2.45, 2.75) is 12.2 Å². The number of halogens is 2. The summed E-state index contributed by atoms with van der Waals surface area (Å²) in [7, 11) is 0. The Morgan fingerprint density at radius 3 is 2.83 bits per heavy atom. The van der Waals surface area contributed by atoms with Crippen LogP contribution in [0.5, 0.6) is 0 Å². The highest BCUT2D eigenvalue weighted by molar-refractivity contribution is 5.90. The fourth-order valence-electron chi connectivity index (χ4n) is 2.99. The number of carbonyl (C=O) groups is 1. The normalized spacial score (nSPS) is 17.1. The lowest BCUT2D eigenvalue weighted by Gasteiger charge is -2.15. The van der Waals surface area contributed by atoms with Gasteiger partial charge in [-0.2, -0.15) is 0 Å². The summed E-state index contributed by atoms with van der Waals surface area (Å²) < 4.78 is 32.3. The lowest BCUT2D eigenvalue weighted by Crippen LogP contribution is -2.32. The molecule has 1 saturated heterocycles. The maximum atomic E-state index is 14.7. The van der Waals surface area contributed by atoms with Gasteiger partial charge in [-0.05, 0) is 29.5 Å². The molecule has 1 aliphatic heterocycles. The van der Waals surface area contributed by atoms with Crippen molar-refractivity contribution >= 4 is 18.0 Å². The molecule has 0 saturated carbocycles. The zero-order chi connectivity index (χ0) is 21.3. The molecule has 1 unspecified atom stereocenters. The van der Waals surface area contributed by atoms with E-state index in [2.05, 4.69) is 27.0 Å². The molecular weight excluding hydrogens is 398 g/mol. The monoisotopic (exact) mass is 414 g/mol. The molecule has 1 fully saturated rings. The lowest BCUT2D eigenvalue weighted by molar-refractivity contribution is 0.0188. The lowest BCUT2D eigenvalue weighted by atomic mass is 10.1. The Morgan fingerprint density at radius 2 is 2.20 bits per heavy atom. The van der Waals surface area contributed by atoms with Crippen LogP contribution in [0, 0.1) is 5.82 Å². The number of alkyl halides is 1. The van der Waals surface area contributed by atoms with Crippen molar-refractivity contribution in [1.82, 2.24) is 25.2 Å². The fourth-order valence-corrected chi connectivity index (χ4v) is 2.99. The van der Waals surface area contributed by atoms with Crippen LogP contribution in [0.4, 0.5) is 19.3 Å². The van der Waals surface area contributed by atoms with Gasteiger partial charge < -0.3 is 9.84 Å². The molecule has 2 atom stereocenters. The second-order valence-corrected chi connectivity index (χ2v) is 6.47. The molecule has 0 radical (unpaired) electrons. The number of benzene rings is 1. The van der Waals surface area contributed by atoms with E-state index in [1.54, 1.807) is 12.1 Å². The predicted molar refractivity (Wildman–Crippen MR) is 102 cm³/mol. The topological polar surface area (TPSA) is 106 Å². The zero-order valence-electron chi connectivity index (χ0n) is 15.5. The molecule has 154 valence electrons. The molecule has 30 heavy (non-hydrogen) atoms. The van der Waals surface area contributed by atoms with Gasteiger partial charge >= 0.3 is 6.09 Å². The Morgan fingerprint density at radius 1 is 1.37 bits per heavy atom. The van der Waals surface area contributed by atoms with Crippen molar-refractivity contribution in [3.63, 3.8) is 0 Å².